The van der Waals surface area contributed by atoms with Gasteiger partial charge in [0.15, 0.2) is 5.78 Å². The fourth-order valence-electron chi connectivity index (χ4n) is 2.64. The minimum atomic E-state index is -3.86. The van der Waals surface area contributed by atoms with Crippen molar-refractivity contribution in [1.29, 1.82) is 0 Å². The Balaban J connectivity index is 2.03. The van der Waals surface area contributed by atoms with E-state index in [1.165, 1.54) is 12.2 Å². The third kappa shape index (κ3) is 3.46. The summed E-state index contributed by atoms with van der Waals surface area (Å²) in [5.74, 6) is -0.151. The van der Waals surface area contributed by atoms with Crippen LogP contribution in [0.3, 0.4) is 0 Å². The van der Waals surface area contributed by atoms with Gasteiger partial charge in [0, 0.05) is 11.1 Å². The number of ketones is 1. The number of sulfonamides is 1. The Kier molecular flexibility index (Phi) is 4.21. The summed E-state index contributed by atoms with van der Waals surface area (Å²) < 4.78 is 29.2. The lowest BCUT2D eigenvalue weighted by molar-refractivity contribution is 0.104. The summed E-state index contributed by atoms with van der Waals surface area (Å²) in [5.41, 5.74) is 2.26. The van der Waals surface area contributed by atoms with E-state index in [4.69, 9.17) is 0 Å². The molecule has 0 saturated carbocycles. The first-order valence-electron chi connectivity index (χ1n) is 7.96. The number of carbonyl (C=O) groups excluding carboxylic acids is 1. The van der Waals surface area contributed by atoms with Crippen molar-refractivity contribution in [3.05, 3.63) is 77.4 Å². The van der Waals surface area contributed by atoms with Gasteiger partial charge in [0.1, 0.15) is 0 Å². The van der Waals surface area contributed by atoms with Crippen molar-refractivity contribution in [2.45, 2.75) is 31.1 Å². The fourth-order valence-corrected chi connectivity index (χ4v) is 3.65. The minimum Gasteiger partial charge on any atom is -0.289 e. The number of hydrogen-bond acceptors (Lipinski definition) is 3. The summed E-state index contributed by atoms with van der Waals surface area (Å²) in [5, 5.41) is 0. The van der Waals surface area contributed by atoms with Crippen molar-refractivity contribution in [2.24, 2.45) is 4.40 Å². The molecule has 0 N–H and O–H groups in total. The molecule has 128 valence electrons. The molecule has 5 heteroatoms. The Labute approximate surface area is 148 Å². The third-order valence-electron chi connectivity index (χ3n) is 4.10. The zero-order valence-corrected chi connectivity index (χ0v) is 15.2. The van der Waals surface area contributed by atoms with Crippen molar-refractivity contribution in [3.63, 3.8) is 0 Å². The van der Waals surface area contributed by atoms with Crippen LogP contribution >= 0.6 is 0 Å². The topological polar surface area (TPSA) is 63.6 Å². The van der Waals surface area contributed by atoms with Gasteiger partial charge in [-0.2, -0.15) is 12.8 Å². The van der Waals surface area contributed by atoms with E-state index >= 15 is 0 Å². The van der Waals surface area contributed by atoms with Crippen molar-refractivity contribution >= 4 is 21.5 Å². The van der Waals surface area contributed by atoms with E-state index in [1.54, 1.807) is 48.5 Å². The highest BCUT2D eigenvalue weighted by Gasteiger charge is 2.21. The average molecular weight is 353 g/mol. The van der Waals surface area contributed by atoms with Crippen LogP contribution in [0.5, 0.6) is 0 Å². The highest BCUT2D eigenvalue weighted by atomic mass is 32.2. The van der Waals surface area contributed by atoms with Crippen LogP contribution in [-0.2, 0) is 15.4 Å². The van der Waals surface area contributed by atoms with Crippen LogP contribution in [0.15, 0.2) is 70.0 Å². The molecule has 0 fully saturated rings. The second kappa shape index (κ2) is 6.08. The summed E-state index contributed by atoms with van der Waals surface area (Å²) in [6.07, 6.45) is 2.80. The molecule has 0 bridgehead atoms. The maximum absolute atomic E-state index is 12.6. The summed E-state index contributed by atoms with van der Waals surface area (Å²) >= 11 is 0. The number of benzene rings is 2. The van der Waals surface area contributed by atoms with Gasteiger partial charge in [0.2, 0.25) is 0 Å². The smallest absolute Gasteiger partial charge is 0.282 e. The van der Waals surface area contributed by atoms with Gasteiger partial charge in [-0.25, -0.2) is 0 Å². The van der Waals surface area contributed by atoms with Crippen LogP contribution in [0.4, 0.5) is 0 Å². The molecular formula is C20H19NO3S. The monoisotopic (exact) mass is 353 g/mol. The Morgan fingerprint density at radius 1 is 0.840 bits per heavy atom. The van der Waals surface area contributed by atoms with E-state index in [2.05, 4.69) is 25.2 Å². The number of hydrogen-bond donors (Lipinski definition) is 0. The molecule has 2 aromatic carbocycles. The van der Waals surface area contributed by atoms with Gasteiger partial charge in [0.25, 0.3) is 10.0 Å². The number of fused-ring (bicyclic) bond motifs is 1. The van der Waals surface area contributed by atoms with Crippen LogP contribution in [-0.4, -0.2) is 19.9 Å². The predicted molar refractivity (Wildman–Crippen MR) is 98.8 cm³/mol. The molecule has 0 atom stereocenters. The van der Waals surface area contributed by atoms with Gasteiger partial charge in [0.05, 0.1) is 10.6 Å². The van der Waals surface area contributed by atoms with Gasteiger partial charge in [-0.05, 0) is 35.3 Å². The van der Waals surface area contributed by atoms with Crippen LogP contribution < -0.4 is 0 Å². The summed E-state index contributed by atoms with van der Waals surface area (Å²) in [6.45, 7) is 6.20. The molecule has 0 aromatic heterocycles. The van der Waals surface area contributed by atoms with E-state index in [0.717, 1.165) is 5.56 Å². The lowest BCUT2D eigenvalue weighted by atomic mass is 9.87. The summed E-state index contributed by atoms with van der Waals surface area (Å²) in [7, 11) is -3.86. The van der Waals surface area contributed by atoms with Crippen LogP contribution in [0.25, 0.3) is 0 Å². The first kappa shape index (κ1) is 17.3. The second-order valence-electron chi connectivity index (χ2n) is 6.97. The molecule has 0 heterocycles. The molecule has 0 spiro atoms. The largest absolute Gasteiger partial charge is 0.289 e. The predicted octanol–water partition coefficient (Wildman–Crippen LogP) is 3.91. The summed E-state index contributed by atoms with van der Waals surface area (Å²) in [4.78, 5) is 12.0. The number of allylic oxidation sites excluding steroid dienone is 2. The maximum atomic E-state index is 12.6. The van der Waals surface area contributed by atoms with Crippen molar-refractivity contribution in [3.8, 4) is 0 Å². The number of nitrogens with zero attached hydrogens (tertiary/aromatic N) is 1. The molecule has 25 heavy (non-hydrogen) atoms. The van der Waals surface area contributed by atoms with Crippen molar-refractivity contribution in [1.82, 2.24) is 0 Å². The molecule has 0 aliphatic heterocycles. The molecule has 2 aromatic rings. The number of rotatable bonds is 2. The molecule has 1 aliphatic carbocycles. The molecule has 0 unspecified atom stereocenters. The van der Waals surface area contributed by atoms with E-state index in [1.807, 2.05) is 0 Å². The fraction of sp³-hybridized carbons (Fsp3) is 0.200. The van der Waals surface area contributed by atoms with Crippen molar-refractivity contribution in [2.75, 3.05) is 0 Å². The Hall–Kier alpha value is -2.53. The standard InChI is InChI=1S/C20H19NO3S/c1-20(2,3)14-8-10-15(11-9-14)25(23,24)21-18-12-13-19(22)17-7-5-4-6-16(17)18/h4-13H,1-3H3/b21-18+. The minimum absolute atomic E-state index is 0.0560. The zero-order chi connectivity index (χ0) is 18.2. The van der Waals surface area contributed by atoms with Crippen molar-refractivity contribution < 1.29 is 13.2 Å². The van der Waals surface area contributed by atoms with E-state index < -0.39 is 10.0 Å². The van der Waals surface area contributed by atoms with E-state index in [-0.39, 0.29) is 21.8 Å². The van der Waals surface area contributed by atoms with E-state index in [0.29, 0.717) is 11.1 Å². The van der Waals surface area contributed by atoms with E-state index in [9.17, 15) is 13.2 Å². The van der Waals surface area contributed by atoms with Crippen LogP contribution in [0.1, 0.15) is 42.3 Å². The maximum Gasteiger partial charge on any atom is 0.282 e. The number of carbonyl (C=O) groups is 1. The SMILES string of the molecule is CC(C)(C)c1ccc(S(=O)(=O)/N=C2\C=CC(=O)c3ccccc32)cc1. The molecule has 0 amide bonds. The first-order valence-corrected chi connectivity index (χ1v) is 9.40. The van der Waals surface area contributed by atoms with Gasteiger partial charge in [-0.3, -0.25) is 4.79 Å². The van der Waals surface area contributed by atoms with Gasteiger partial charge in [-0.15, -0.1) is 0 Å². The second-order valence-corrected chi connectivity index (χ2v) is 8.57. The highest BCUT2D eigenvalue weighted by molar-refractivity contribution is 7.90. The first-order chi connectivity index (χ1) is 11.7. The van der Waals surface area contributed by atoms with Crippen LogP contribution in [0.2, 0.25) is 0 Å². The zero-order valence-electron chi connectivity index (χ0n) is 14.4. The molecular weight excluding hydrogens is 334 g/mol. The molecule has 0 saturated heterocycles. The lowest BCUT2D eigenvalue weighted by Crippen LogP contribution is -2.14. The summed E-state index contributed by atoms with van der Waals surface area (Å²) in [6, 6.07) is 13.6. The van der Waals surface area contributed by atoms with Gasteiger partial charge >= 0.3 is 0 Å². The Morgan fingerprint density at radius 3 is 2.04 bits per heavy atom. The normalized spacial score (nSPS) is 16.1. The average Bonchev–Trinajstić information content (AvgIpc) is 2.57. The highest BCUT2D eigenvalue weighted by Crippen LogP contribution is 2.25. The molecule has 1 aliphatic rings. The Morgan fingerprint density at radius 2 is 1.44 bits per heavy atom. The Bertz CT molecular complexity index is 992. The van der Waals surface area contributed by atoms with Gasteiger partial charge in [-0.1, -0.05) is 57.2 Å². The third-order valence-corrected chi connectivity index (χ3v) is 5.40. The molecule has 0 radical (unpaired) electrons. The van der Waals surface area contributed by atoms with Gasteiger partial charge < -0.3 is 0 Å². The quantitative estimate of drug-likeness (QED) is 0.822. The lowest BCUT2D eigenvalue weighted by Gasteiger charge is -2.19. The molecule has 4 nitrogen and oxygen atoms in total. The van der Waals surface area contributed by atoms with Crippen LogP contribution in [0, 0.1) is 0 Å². The molecule has 3 rings (SSSR count).